The van der Waals surface area contributed by atoms with Crippen LogP contribution >= 0.6 is 11.8 Å². The van der Waals surface area contributed by atoms with E-state index in [1.165, 1.54) is 11.8 Å². The van der Waals surface area contributed by atoms with Crippen LogP contribution in [-0.4, -0.2) is 37.2 Å². The summed E-state index contributed by atoms with van der Waals surface area (Å²) in [5, 5.41) is 19.2. The number of hydrogen-bond acceptors (Lipinski definition) is 5. The molecule has 2 aromatic heterocycles. The molecule has 1 N–H and O–H groups in total. The van der Waals surface area contributed by atoms with Crippen molar-refractivity contribution in [2.24, 2.45) is 0 Å². The first-order chi connectivity index (χ1) is 10.3. The molecule has 2 heterocycles. The Morgan fingerprint density at radius 1 is 1.24 bits per heavy atom. The average molecular weight is 302 g/mol. The van der Waals surface area contributed by atoms with Crippen molar-refractivity contribution < 1.29 is 5.11 Å². The molecular formula is C15H18N4OS. The summed E-state index contributed by atoms with van der Waals surface area (Å²) >= 11 is 1.54. The van der Waals surface area contributed by atoms with Gasteiger partial charge in [0.1, 0.15) is 5.52 Å². The van der Waals surface area contributed by atoms with E-state index < -0.39 is 0 Å². The lowest BCUT2D eigenvalue weighted by molar-refractivity contribution is 0.296. The van der Waals surface area contributed by atoms with Crippen LogP contribution in [0.3, 0.4) is 0 Å². The number of aryl methyl sites for hydroxylation is 1. The summed E-state index contributed by atoms with van der Waals surface area (Å²) in [6.45, 7) is 3.27. The van der Waals surface area contributed by atoms with Gasteiger partial charge < -0.3 is 9.67 Å². The molecule has 0 saturated carbocycles. The first-order valence-electron chi connectivity index (χ1n) is 7.20. The normalized spacial score (nSPS) is 11.5. The Labute approximate surface area is 127 Å². The van der Waals surface area contributed by atoms with Crippen LogP contribution in [-0.2, 0) is 6.54 Å². The molecule has 0 aliphatic rings. The van der Waals surface area contributed by atoms with E-state index in [2.05, 4.69) is 38.8 Å². The molecule has 0 fully saturated rings. The largest absolute Gasteiger partial charge is 0.396 e. The third-order valence-electron chi connectivity index (χ3n) is 3.34. The number of thioether (sulfide) groups is 1. The molecule has 0 atom stereocenters. The van der Waals surface area contributed by atoms with E-state index in [9.17, 15) is 0 Å². The average Bonchev–Trinajstić information content (AvgIpc) is 2.82. The van der Waals surface area contributed by atoms with Crippen molar-refractivity contribution in [2.45, 2.75) is 31.5 Å². The minimum absolute atomic E-state index is 0.193. The third kappa shape index (κ3) is 2.73. The summed E-state index contributed by atoms with van der Waals surface area (Å²) in [6, 6.07) is 8.23. The molecule has 3 rings (SSSR count). The molecule has 0 spiro atoms. The lowest BCUT2D eigenvalue weighted by Gasteiger charge is -2.04. The SMILES string of the molecule is CCCn1c2ccccc2c2nnc(SCCCO)nc21. The van der Waals surface area contributed by atoms with Gasteiger partial charge in [0.05, 0.1) is 5.52 Å². The second kappa shape index (κ2) is 6.41. The number of aliphatic hydroxyl groups is 1. The fourth-order valence-electron chi connectivity index (χ4n) is 2.43. The molecule has 6 heteroatoms. The van der Waals surface area contributed by atoms with E-state index in [1.807, 2.05) is 12.1 Å². The van der Waals surface area contributed by atoms with Crippen LogP contribution in [0.15, 0.2) is 29.4 Å². The zero-order valence-corrected chi connectivity index (χ0v) is 12.8. The maximum atomic E-state index is 8.85. The van der Waals surface area contributed by atoms with Gasteiger partial charge in [0.2, 0.25) is 5.16 Å². The molecule has 0 aliphatic carbocycles. The molecule has 0 bridgehead atoms. The Balaban J connectivity index is 2.10. The number of aromatic nitrogens is 4. The summed E-state index contributed by atoms with van der Waals surface area (Å²) in [6.07, 6.45) is 1.79. The molecule has 5 nitrogen and oxygen atoms in total. The van der Waals surface area contributed by atoms with Crippen LogP contribution in [0.2, 0.25) is 0 Å². The van der Waals surface area contributed by atoms with Gasteiger partial charge in [-0.15, -0.1) is 10.2 Å². The van der Waals surface area contributed by atoms with Crippen LogP contribution in [0.25, 0.3) is 22.1 Å². The van der Waals surface area contributed by atoms with Crippen LogP contribution in [0.5, 0.6) is 0 Å². The summed E-state index contributed by atoms with van der Waals surface area (Å²) in [7, 11) is 0. The second-order valence-corrected chi connectivity index (χ2v) is 5.92. The van der Waals surface area contributed by atoms with Crippen LogP contribution in [0.1, 0.15) is 19.8 Å². The van der Waals surface area contributed by atoms with Crippen molar-refractivity contribution in [3.8, 4) is 0 Å². The van der Waals surface area contributed by atoms with E-state index >= 15 is 0 Å². The molecule has 0 amide bonds. The Bertz CT molecular complexity index is 756. The first-order valence-corrected chi connectivity index (χ1v) is 8.19. The van der Waals surface area contributed by atoms with Crippen LogP contribution < -0.4 is 0 Å². The maximum absolute atomic E-state index is 8.85. The summed E-state index contributed by atoms with van der Waals surface area (Å²) < 4.78 is 2.22. The number of para-hydroxylation sites is 1. The minimum atomic E-state index is 0.193. The van der Waals surface area contributed by atoms with Gasteiger partial charge in [-0.25, -0.2) is 4.98 Å². The predicted molar refractivity (Wildman–Crippen MR) is 85.5 cm³/mol. The predicted octanol–water partition coefficient (Wildman–Crippen LogP) is 2.86. The highest BCUT2D eigenvalue weighted by Gasteiger charge is 2.13. The number of aliphatic hydroxyl groups excluding tert-OH is 1. The lowest BCUT2D eigenvalue weighted by Crippen LogP contribution is -2.00. The molecular weight excluding hydrogens is 284 g/mol. The highest BCUT2D eigenvalue weighted by Crippen LogP contribution is 2.27. The number of benzene rings is 1. The van der Waals surface area contributed by atoms with Gasteiger partial charge in [-0.05, 0) is 18.9 Å². The minimum Gasteiger partial charge on any atom is -0.396 e. The van der Waals surface area contributed by atoms with Gasteiger partial charge in [0.15, 0.2) is 5.65 Å². The molecule has 0 unspecified atom stereocenters. The van der Waals surface area contributed by atoms with Crippen LogP contribution in [0.4, 0.5) is 0 Å². The van der Waals surface area contributed by atoms with Crippen molar-refractivity contribution >= 4 is 33.8 Å². The van der Waals surface area contributed by atoms with Gasteiger partial charge in [-0.2, -0.15) is 0 Å². The smallest absolute Gasteiger partial charge is 0.211 e. The van der Waals surface area contributed by atoms with Crippen molar-refractivity contribution in [1.82, 2.24) is 19.7 Å². The number of fused-ring (bicyclic) bond motifs is 3. The first kappa shape index (κ1) is 14.3. The lowest BCUT2D eigenvalue weighted by atomic mass is 10.2. The standard InChI is InChI=1S/C15H18N4OS/c1-2-8-19-12-7-4-3-6-11(12)13-14(19)16-15(18-17-13)21-10-5-9-20/h3-4,6-7,20H,2,5,8-10H2,1H3. The van der Waals surface area contributed by atoms with Crippen LogP contribution in [0, 0.1) is 0 Å². The fourth-order valence-corrected chi connectivity index (χ4v) is 3.13. The highest BCUT2D eigenvalue weighted by molar-refractivity contribution is 7.99. The van der Waals surface area contributed by atoms with E-state index in [4.69, 9.17) is 5.11 Å². The van der Waals surface area contributed by atoms with Crippen molar-refractivity contribution in [3.63, 3.8) is 0 Å². The Kier molecular flexibility index (Phi) is 4.36. The topological polar surface area (TPSA) is 63.8 Å². The fraction of sp³-hybridized carbons (Fsp3) is 0.400. The molecule has 0 saturated heterocycles. The van der Waals surface area contributed by atoms with Gasteiger partial charge >= 0.3 is 0 Å². The second-order valence-electron chi connectivity index (χ2n) is 4.86. The monoisotopic (exact) mass is 302 g/mol. The highest BCUT2D eigenvalue weighted by atomic mass is 32.2. The quantitative estimate of drug-likeness (QED) is 0.560. The zero-order valence-electron chi connectivity index (χ0n) is 12.0. The Morgan fingerprint density at radius 2 is 2.10 bits per heavy atom. The Morgan fingerprint density at radius 3 is 2.90 bits per heavy atom. The van der Waals surface area contributed by atoms with E-state index in [0.29, 0.717) is 5.16 Å². The number of rotatable bonds is 6. The maximum Gasteiger partial charge on any atom is 0.211 e. The van der Waals surface area contributed by atoms with Crippen molar-refractivity contribution in [3.05, 3.63) is 24.3 Å². The summed E-state index contributed by atoms with van der Waals surface area (Å²) in [5.41, 5.74) is 2.93. The van der Waals surface area contributed by atoms with Crippen molar-refractivity contribution in [2.75, 3.05) is 12.4 Å². The molecule has 0 radical (unpaired) electrons. The van der Waals surface area contributed by atoms with Crippen molar-refractivity contribution in [1.29, 1.82) is 0 Å². The van der Waals surface area contributed by atoms with Gasteiger partial charge in [0.25, 0.3) is 0 Å². The molecule has 3 aromatic rings. The van der Waals surface area contributed by atoms with E-state index in [-0.39, 0.29) is 6.61 Å². The zero-order chi connectivity index (χ0) is 14.7. The molecule has 1 aromatic carbocycles. The van der Waals surface area contributed by atoms with E-state index in [0.717, 1.165) is 47.2 Å². The van der Waals surface area contributed by atoms with Gasteiger partial charge in [-0.3, -0.25) is 0 Å². The Hall–Kier alpha value is -1.66. The molecule has 0 aliphatic heterocycles. The van der Waals surface area contributed by atoms with E-state index in [1.54, 1.807) is 0 Å². The summed E-state index contributed by atoms with van der Waals surface area (Å²) in [5.74, 6) is 0.803. The number of hydrogen-bond donors (Lipinski definition) is 1. The summed E-state index contributed by atoms with van der Waals surface area (Å²) in [4.78, 5) is 4.67. The number of nitrogens with zero attached hydrogens (tertiary/aromatic N) is 4. The molecule has 110 valence electrons. The third-order valence-corrected chi connectivity index (χ3v) is 4.26. The van der Waals surface area contributed by atoms with Gasteiger partial charge in [-0.1, -0.05) is 36.9 Å². The van der Waals surface area contributed by atoms with Gasteiger partial charge in [0, 0.05) is 24.3 Å². The molecule has 21 heavy (non-hydrogen) atoms.